The summed E-state index contributed by atoms with van der Waals surface area (Å²) in [6.45, 7) is 4.86. The fourth-order valence-corrected chi connectivity index (χ4v) is 6.16. The fourth-order valence-electron chi connectivity index (χ4n) is 6.16. The molecule has 1 saturated carbocycles. The van der Waals surface area contributed by atoms with Crippen molar-refractivity contribution in [2.45, 2.75) is 43.7 Å². The molecule has 2 heteroatoms. The van der Waals surface area contributed by atoms with E-state index in [1.54, 1.807) is 11.1 Å². The van der Waals surface area contributed by atoms with Crippen LogP contribution in [0, 0.1) is 5.92 Å². The number of nitrogens with zero attached hydrogens (tertiary/aromatic N) is 2. The Kier molecular flexibility index (Phi) is 2.29. The molecule has 4 aliphatic rings. The molecule has 0 radical (unpaired) electrons. The second-order valence-electron chi connectivity index (χ2n) is 7.38. The molecule has 2 nitrogen and oxygen atoms in total. The summed E-state index contributed by atoms with van der Waals surface area (Å²) in [4.78, 5) is 5.39. The molecule has 3 fully saturated rings. The summed E-state index contributed by atoms with van der Waals surface area (Å²) in [7, 11) is 2.33. The van der Waals surface area contributed by atoms with Crippen LogP contribution in [-0.4, -0.2) is 37.1 Å². The molecule has 3 heterocycles. The SMILES string of the molecule is C/C=C1\C2CCN3CCC4(c5ccccc5N(C)C4C2)C13. The van der Waals surface area contributed by atoms with Crippen LogP contribution in [0.1, 0.15) is 31.7 Å². The molecule has 0 N–H and O–H groups in total. The van der Waals surface area contributed by atoms with Crippen molar-refractivity contribution in [1.82, 2.24) is 4.90 Å². The molecule has 0 amide bonds. The molecule has 1 aromatic rings. The van der Waals surface area contributed by atoms with Gasteiger partial charge in [-0.05, 0) is 56.8 Å². The highest BCUT2D eigenvalue weighted by atomic mass is 15.3. The van der Waals surface area contributed by atoms with Crippen LogP contribution >= 0.6 is 0 Å². The number of para-hydroxylation sites is 1. The number of benzene rings is 1. The number of piperidine rings is 1. The van der Waals surface area contributed by atoms with Crippen molar-refractivity contribution < 1.29 is 0 Å². The number of rotatable bonds is 0. The molecule has 21 heavy (non-hydrogen) atoms. The molecule has 2 saturated heterocycles. The van der Waals surface area contributed by atoms with Crippen molar-refractivity contribution in [3.05, 3.63) is 41.5 Å². The van der Waals surface area contributed by atoms with Crippen LogP contribution < -0.4 is 4.90 Å². The average Bonchev–Trinajstić information content (AvgIpc) is 3.04. The molecule has 0 aromatic heterocycles. The molecule has 4 unspecified atom stereocenters. The summed E-state index contributed by atoms with van der Waals surface area (Å²) in [5, 5.41) is 0. The predicted octanol–water partition coefficient (Wildman–Crippen LogP) is 3.19. The quantitative estimate of drug-likeness (QED) is 0.673. The van der Waals surface area contributed by atoms with Gasteiger partial charge in [-0.1, -0.05) is 29.8 Å². The number of hydrogen-bond donors (Lipinski definition) is 0. The summed E-state index contributed by atoms with van der Waals surface area (Å²) in [5.41, 5.74) is 5.24. The van der Waals surface area contributed by atoms with Gasteiger partial charge in [0.25, 0.3) is 0 Å². The third-order valence-corrected chi connectivity index (χ3v) is 6.91. The van der Waals surface area contributed by atoms with Crippen LogP contribution in [0.4, 0.5) is 5.69 Å². The van der Waals surface area contributed by atoms with Crippen LogP contribution in [0.15, 0.2) is 35.9 Å². The van der Waals surface area contributed by atoms with E-state index >= 15 is 0 Å². The van der Waals surface area contributed by atoms with Crippen LogP contribution in [-0.2, 0) is 5.41 Å². The lowest BCUT2D eigenvalue weighted by molar-refractivity contribution is 0.118. The topological polar surface area (TPSA) is 6.48 Å². The monoisotopic (exact) mass is 280 g/mol. The van der Waals surface area contributed by atoms with Gasteiger partial charge in [-0.2, -0.15) is 0 Å². The summed E-state index contributed by atoms with van der Waals surface area (Å²) < 4.78 is 0. The van der Waals surface area contributed by atoms with Gasteiger partial charge < -0.3 is 4.90 Å². The van der Waals surface area contributed by atoms with Crippen molar-refractivity contribution in [2.75, 3.05) is 25.0 Å². The van der Waals surface area contributed by atoms with Crippen LogP contribution in [0.3, 0.4) is 0 Å². The maximum absolute atomic E-state index is 2.79. The van der Waals surface area contributed by atoms with Crippen molar-refractivity contribution in [3.63, 3.8) is 0 Å². The molecule has 5 rings (SSSR count). The predicted molar refractivity (Wildman–Crippen MR) is 86.8 cm³/mol. The van der Waals surface area contributed by atoms with Gasteiger partial charge in [-0.25, -0.2) is 0 Å². The third-order valence-electron chi connectivity index (χ3n) is 6.91. The van der Waals surface area contributed by atoms with E-state index < -0.39 is 0 Å². The number of anilines is 1. The summed E-state index contributed by atoms with van der Waals surface area (Å²) in [6.07, 6.45) is 6.52. The first kappa shape index (κ1) is 12.3. The maximum Gasteiger partial charge on any atom is 0.0428 e. The highest BCUT2D eigenvalue weighted by Gasteiger charge is 2.64. The lowest BCUT2D eigenvalue weighted by Crippen LogP contribution is -2.60. The molecular formula is C19H24N2. The Hall–Kier alpha value is -1.28. The molecule has 110 valence electrons. The van der Waals surface area contributed by atoms with E-state index in [1.807, 2.05) is 0 Å². The van der Waals surface area contributed by atoms with Gasteiger partial charge in [0, 0.05) is 30.2 Å². The maximum atomic E-state index is 2.79. The Labute approximate surface area is 127 Å². The average molecular weight is 280 g/mol. The number of allylic oxidation sites excluding steroid dienone is 1. The minimum absolute atomic E-state index is 0.365. The third kappa shape index (κ3) is 1.25. The Morgan fingerprint density at radius 2 is 2.10 bits per heavy atom. The van der Waals surface area contributed by atoms with Crippen molar-refractivity contribution in [2.24, 2.45) is 5.92 Å². The second-order valence-corrected chi connectivity index (χ2v) is 7.38. The zero-order chi connectivity index (χ0) is 14.2. The van der Waals surface area contributed by atoms with E-state index in [-0.39, 0.29) is 0 Å². The minimum atomic E-state index is 0.365. The Morgan fingerprint density at radius 1 is 1.24 bits per heavy atom. The summed E-state index contributed by atoms with van der Waals surface area (Å²) in [6, 6.07) is 10.6. The zero-order valence-corrected chi connectivity index (χ0v) is 13.0. The van der Waals surface area contributed by atoms with Gasteiger partial charge in [-0.3, -0.25) is 4.90 Å². The molecular weight excluding hydrogens is 256 g/mol. The highest BCUT2D eigenvalue weighted by molar-refractivity contribution is 5.67. The van der Waals surface area contributed by atoms with Crippen molar-refractivity contribution >= 4 is 5.69 Å². The van der Waals surface area contributed by atoms with Crippen LogP contribution in [0.5, 0.6) is 0 Å². The summed E-state index contributed by atoms with van der Waals surface area (Å²) >= 11 is 0. The first-order valence-corrected chi connectivity index (χ1v) is 8.50. The van der Waals surface area contributed by atoms with E-state index in [0.717, 1.165) is 5.92 Å². The molecule has 1 spiro atoms. The molecule has 2 bridgehead atoms. The Balaban J connectivity index is 1.78. The molecule has 3 aliphatic heterocycles. The number of hydrogen-bond acceptors (Lipinski definition) is 2. The van der Waals surface area contributed by atoms with Gasteiger partial charge in [-0.15, -0.1) is 0 Å². The van der Waals surface area contributed by atoms with Crippen molar-refractivity contribution in [3.8, 4) is 0 Å². The summed E-state index contributed by atoms with van der Waals surface area (Å²) in [5.74, 6) is 0.823. The van der Waals surface area contributed by atoms with E-state index in [0.29, 0.717) is 17.5 Å². The fraction of sp³-hybridized carbons (Fsp3) is 0.579. The van der Waals surface area contributed by atoms with Gasteiger partial charge in [0.05, 0.1) is 0 Å². The smallest absolute Gasteiger partial charge is 0.0428 e. The van der Waals surface area contributed by atoms with E-state index in [9.17, 15) is 0 Å². The van der Waals surface area contributed by atoms with E-state index in [4.69, 9.17) is 0 Å². The zero-order valence-electron chi connectivity index (χ0n) is 13.0. The van der Waals surface area contributed by atoms with Gasteiger partial charge >= 0.3 is 0 Å². The minimum Gasteiger partial charge on any atom is -0.370 e. The Morgan fingerprint density at radius 3 is 2.95 bits per heavy atom. The lowest BCUT2D eigenvalue weighted by Gasteiger charge is -2.53. The Bertz CT molecular complexity index is 634. The van der Waals surface area contributed by atoms with Crippen LogP contribution in [0.25, 0.3) is 0 Å². The van der Waals surface area contributed by atoms with Gasteiger partial charge in [0.15, 0.2) is 0 Å². The first-order chi connectivity index (χ1) is 10.3. The molecule has 1 aromatic carbocycles. The van der Waals surface area contributed by atoms with Crippen LogP contribution in [0.2, 0.25) is 0 Å². The number of fused-ring (bicyclic) bond motifs is 2. The van der Waals surface area contributed by atoms with Gasteiger partial charge in [0.1, 0.15) is 0 Å². The first-order valence-electron chi connectivity index (χ1n) is 8.50. The van der Waals surface area contributed by atoms with E-state index in [2.05, 4.69) is 54.1 Å². The number of likely N-dealkylation sites (N-methyl/N-ethyl adjacent to an activating group) is 1. The molecule has 1 aliphatic carbocycles. The standard InChI is InChI=1S/C19H24N2/c1-3-14-13-8-10-21-11-9-19(18(14)21)15-6-4-5-7-16(15)20(2)17(19)12-13/h3-7,13,17-18H,8-12H2,1-2H3/b14-3+. The second kappa shape index (κ2) is 3.92. The lowest BCUT2D eigenvalue weighted by atomic mass is 9.58. The van der Waals surface area contributed by atoms with E-state index in [1.165, 1.54) is 38.0 Å². The largest absolute Gasteiger partial charge is 0.370 e. The van der Waals surface area contributed by atoms with Crippen molar-refractivity contribution in [1.29, 1.82) is 0 Å². The normalized spacial score (nSPS) is 42.3. The molecule has 4 atom stereocenters. The highest BCUT2D eigenvalue weighted by Crippen LogP contribution is 2.61. The van der Waals surface area contributed by atoms with Gasteiger partial charge in [0.2, 0.25) is 0 Å².